The molecule has 5 nitrogen and oxygen atoms in total. The zero-order chi connectivity index (χ0) is 17.9. The van der Waals surface area contributed by atoms with Crippen molar-refractivity contribution in [1.82, 2.24) is 9.97 Å². The van der Waals surface area contributed by atoms with E-state index in [1.165, 1.54) is 0 Å². The van der Waals surface area contributed by atoms with Crippen LogP contribution in [0.3, 0.4) is 0 Å². The number of nitrogens with one attached hydrogen (secondary N) is 1. The first kappa shape index (κ1) is 16.3. The number of hydrogen-bond donors (Lipinski definition) is 1. The van der Waals surface area contributed by atoms with Gasteiger partial charge in [0.15, 0.2) is 0 Å². The molecule has 1 fully saturated rings. The van der Waals surface area contributed by atoms with E-state index in [-0.39, 0.29) is 11.8 Å². The Morgan fingerprint density at radius 2 is 1.85 bits per heavy atom. The lowest BCUT2D eigenvalue weighted by molar-refractivity contribution is -0.120. The molecule has 5 heteroatoms. The lowest BCUT2D eigenvalue weighted by Crippen LogP contribution is -2.52. The van der Waals surface area contributed by atoms with Gasteiger partial charge in [0.25, 0.3) is 0 Å². The van der Waals surface area contributed by atoms with Crippen LogP contribution >= 0.6 is 0 Å². The van der Waals surface area contributed by atoms with Crippen LogP contribution in [0.25, 0.3) is 11.3 Å². The van der Waals surface area contributed by atoms with Gasteiger partial charge in [0, 0.05) is 30.4 Å². The summed E-state index contributed by atoms with van der Waals surface area (Å²) in [5.41, 5.74) is 3.93. The summed E-state index contributed by atoms with van der Waals surface area (Å²) in [5, 5.41) is 3.00. The molecule has 0 saturated carbocycles. The lowest BCUT2D eigenvalue weighted by Gasteiger charge is -2.39. The van der Waals surface area contributed by atoms with Gasteiger partial charge < -0.3 is 10.2 Å². The average Bonchev–Trinajstić information content (AvgIpc) is 2.61. The fourth-order valence-electron chi connectivity index (χ4n) is 3.09. The second kappa shape index (κ2) is 6.96. The first-order valence-electron chi connectivity index (χ1n) is 8.69. The van der Waals surface area contributed by atoms with E-state index in [9.17, 15) is 4.79 Å². The predicted molar refractivity (Wildman–Crippen MR) is 103 cm³/mol. The number of rotatable bonds is 4. The number of benzene rings is 2. The molecule has 1 saturated heterocycles. The molecule has 1 N–H and O–H groups in total. The van der Waals surface area contributed by atoms with Gasteiger partial charge >= 0.3 is 0 Å². The molecule has 2 aromatic carbocycles. The highest BCUT2D eigenvalue weighted by atomic mass is 16.2. The maximum atomic E-state index is 12.4. The standard InChI is InChI=1S/C21H20N4O/c1-15-6-5-9-18(10-15)24-21(26)17-12-25(13-17)20-11-19(22-14-23-20)16-7-3-2-4-8-16/h2-11,14,17H,12-13H2,1H3,(H,24,26). The molecule has 26 heavy (non-hydrogen) atoms. The molecule has 3 aromatic rings. The molecular weight excluding hydrogens is 324 g/mol. The molecule has 130 valence electrons. The number of carbonyl (C=O) groups excluding carboxylic acids is 1. The van der Waals surface area contributed by atoms with Crippen molar-refractivity contribution in [2.24, 2.45) is 5.92 Å². The molecule has 0 unspecified atom stereocenters. The van der Waals surface area contributed by atoms with Crippen molar-refractivity contribution >= 4 is 17.4 Å². The van der Waals surface area contributed by atoms with Crippen molar-refractivity contribution in [1.29, 1.82) is 0 Å². The molecule has 1 aliphatic rings. The zero-order valence-corrected chi connectivity index (χ0v) is 14.6. The van der Waals surface area contributed by atoms with Gasteiger partial charge in [-0.05, 0) is 24.6 Å². The number of anilines is 2. The molecule has 0 bridgehead atoms. The highest BCUT2D eigenvalue weighted by Gasteiger charge is 2.33. The Hall–Kier alpha value is -3.21. The number of amides is 1. The predicted octanol–water partition coefficient (Wildman–Crippen LogP) is 3.53. The van der Waals surface area contributed by atoms with Crippen LogP contribution < -0.4 is 10.2 Å². The molecule has 4 rings (SSSR count). The van der Waals surface area contributed by atoms with Crippen LogP contribution in [0.2, 0.25) is 0 Å². The Balaban J connectivity index is 1.39. The molecule has 1 aliphatic heterocycles. The molecule has 0 aliphatic carbocycles. The van der Waals surface area contributed by atoms with Gasteiger partial charge in [0.1, 0.15) is 12.1 Å². The second-order valence-corrected chi connectivity index (χ2v) is 6.59. The minimum Gasteiger partial charge on any atom is -0.355 e. The first-order valence-corrected chi connectivity index (χ1v) is 8.69. The Kier molecular flexibility index (Phi) is 4.35. The van der Waals surface area contributed by atoms with Crippen molar-refractivity contribution < 1.29 is 4.79 Å². The summed E-state index contributed by atoms with van der Waals surface area (Å²) >= 11 is 0. The number of nitrogens with zero attached hydrogens (tertiary/aromatic N) is 3. The van der Waals surface area contributed by atoms with Crippen molar-refractivity contribution in [3.63, 3.8) is 0 Å². The van der Waals surface area contributed by atoms with E-state index in [1.54, 1.807) is 6.33 Å². The van der Waals surface area contributed by atoms with Crippen LogP contribution in [-0.4, -0.2) is 29.0 Å². The summed E-state index contributed by atoms with van der Waals surface area (Å²) in [6, 6.07) is 19.9. The maximum absolute atomic E-state index is 12.4. The minimum absolute atomic E-state index is 0.0225. The van der Waals surface area contributed by atoms with Gasteiger partial charge in [-0.15, -0.1) is 0 Å². The van der Waals surface area contributed by atoms with Crippen molar-refractivity contribution in [3.8, 4) is 11.3 Å². The normalized spacial score (nSPS) is 14.0. The van der Waals surface area contributed by atoms with E-state index < -0.39 is 0 Å². The highest BCUT2D eigenvalue weighted by molar-refractivity contribution is 5.94. The zero-order valence-electron chi connectivity index (χ0n) is 14.6. The van der Waals surface area contributed by atoms with Gasteiger partial charge in [-0.25, -0.2) is 9.97 Å². The summed E-state index contributed by atoms with van der Waals surface area (Å²) in [4.78, 5) is 23.2. The van der Waals surface area contributed by atoms with Crippen molar-refractivity contribution in [2.45, 2.75) is 6.92 Å². The smallest absolute Gasteiger partial charge is 0.231 e. The van der Waals surface area contributed by atoms with Gasteiger partial charge in [-0.3, -0.25) is 4.79 Å². The lowest BCUT2D eigenvalue weighted by atomic mass is 9.98. The molecule has 1 aromatic heterocycles. The van der Waals surface area contributed by atoms with Crippen molar-refractivity contribution in [3.05, 3.63) is 72.6 Å². The van der Waals surface area contributed by atoms with Crippen LogP contribution in [0.15, 0.2) is 67.0 Å². The Labute approximate surface area is 152 Å². The summed E-state index contributed by atoms with van der Waals surface area (Å²) in [6.45, 7) is 3.35. The monoisotopic (exact) mass is 344 g/mol. The van der Waals surface area contributed by atoms with Gasteiger partial charge in [0.2, 0.25) is 5.91 Å². The first-order chi connectivity index (χ1) is 12.7. The van der Waals surface area contributed by atoms with Crippen LogP contribution in [-0.2, 0) is 4.79 Å². The van der Waals surface area contributed by atoms with Gasteiger partial charge in [-0.1, -0.05) is 42.5 Å². The Bertz CT molecular complexity index is 920. The van der Waals surface area contributed by atoms with Crippen molar-refractivity contribution in [2.75, 3.05) is 23.3 Å². The summed E-state index contributed by atoms with van der Waals surface area (Å²) in [5.74, 6) is 0.897. The highest BCUT2D eigenvalue weighted by Crippen LogP contribution is 2.26. The van der Waals surface area contributed by atoms with E-state index in [2.05, 4.69) is 20.2 Å². The third-order valence-electron chi connectivity index (χ3n) is 4.58. The molecule has 2 heterocycles. The van der Waals surface area contributed by atoms with Gasteiger partial charge in [0.05, 0.1) is 11.6 Å². The third-order valence-corrected chi connectivity index (χ3v) is 4.58. The largest absolute Gasteiger partial charge is 0.355 e. The van der Waals surface area contributed by atoms with E-state index in [4.69, 9.17) is 0 Å². The van der Waals surface area contributed by atoms with Crippen LogP contribution in [0.4, 0.5) is 11.5 Å². The number of hydrogen-bond acceptors (Lipinski definition) is 4. The number of carbonyl (C=O) groups is 1. The maximum Gasteiger partial charge on any atom is 0.231 e. The average molecular weight is 344 g/mol. The second-order valence-electron chi connectivity index (χ2n) is 6.59. The quantitative estimate of drug-likeness (QED) is 0.787. The Morgan fingerprint density at radius 1 is 1.04 bits per heavy atom. The summed E-state index contributed by atoms with van der Waals surface area (Å²) < 4.78 is 0. The molecule has 1 amide bonds. The molecule has 0 atom stereocenters. The van der Waals surface area contributed by atoms with Crippen LogP contribution in [0.5, 0.6) is 0 Å². The minimum atomic E-state index is -0.0225. The fourth-order valence-corrected chi connectivity index (χ4v) is 3.09. The van der Waals surface area contributed by atoms with Crippen LogP contribution in [0, 0.1) is 12.8 Å². The number of aromatic nitrogens is 2. The Morgan fingerprint density at radius 3 is 2.62 bits per heavy atom. The SMILES string of the molecule is Cc1cccc(NC(=O)C2CN(c3cc(-c4ccccc4)ncn3)C2)c1. The van der Waals surface area contributed by atoms with E-state index in [0.717, 1.165) is 28.3 Å². The van der Waals surface area contributed by atoms with Crippen LogP contribution in [0.1, 0.15) is 5.56 Å². The van der Waals surface area contributed by atoms with E-state index in [1.807, 2.05) is 67.6 Å². The fraction of sp³-hybridized carbons (Fsp3) is 0.190. The van der Waals surface area contributed by atoms with Gasteiger partial charge in [-0.2, -0.15) is 0 Å². The van der Waals surface area contributed by atoms with E-state index >= 15 is 0 Å². The third kappa shape index (κ3) is 3.42. The summed E-state index contributed by atoms with van der Waals surface area (Å²) in [7, 11) is 0. The van der Waals surface area contributed by atoms with E-state index in [0.29, 0.717) is 13.1 Å². The summed E-state index contributed by atoms with van der Waals surface area (Å²) in [6.07, 6.45) is 1.58. The topological polar surface area (TPSA) is 58.1 Å². The molecular formula is C21H20N4O. The molecule has 0 spiro atoms. The molecule has 0 radical (unpaired) electrons. The number of aryl methyl sites for hydroxylation is 1.